The van der Waals surface area contributed by atoms with Crippen LogP contribution in [-0.2, 0) is 17.8 Å². The molecule has 0 unspecified atom stereocenters. The number of ether oxygens (including phenoxy) is 1. The SMILES string of the molecule is O=C(CCn1cnc2sccc2c1=O)NCCc1ccc(OC(F)F)cc1. The lowest BCUT2D eigenvalue weighted by atomic mass is 10.1. The molecule has 0 bridgehead atoms. The molecule has 2 aromatic heterocycles. The second-order valence-electron chi connectivity index (χ2n) is 5.75. The van der Waals surface area contributed by atoms with E-state index in [1.165, 1.54) is 34.4 Å². The van der Waals surface area contributed by atoms with Gasteiger partial charge < -0.3 is 10.1 Å². The van der Waals surface area contributed by atoms with E-state index in [4.69, 9.17) is 0 Å². The number of alkyl halides is 2. The summed E-state index contributed by atoms with van der Waals surface area (Å²) in [6.45, 7) is -2.19. The molecule has 3 aromatic rings. The molecule has 1 aromatic carbocycles. The molecular formula is C18H17F2N3O3S. The van der Waals surface area contributed by atoms with Crippen molar-refractivity contribution < 1.29 is 18.3 Å². The van der Waals surface area contributed by atoms with Gasteiger partial charge in [-0.25, -0.2) is 4.98 Å². The lowest BCUT2D eigenvalue weighted by molar-refractivity contribution is -0.121. The Labute approximate surface area is 157 Å². The first-order chi connectivity index (χ1) is 13.0. The van der Waals surface area contributed by atoms with Crippen molar-refractivity contribution in [3.05, 3.63) is 58.0 Å². The standard InChI is InChI=1S/C18H17F2N3O3S/c19-18(20)26-13-3-1-12(2-4-13)5-8-21-15(24)6-9-23-11-22-16-14(17(23)25)7-10-27-16/h1-4,7,10-11,18H,5-6,8-9H2,(H,21,24). The fourth-order valence-electron chi connectivity index (χ4n) is 2.55. The van der Waals surface area contributed by atoms with Crippen LogP contribution in [0.5, 0.6) is 5.75 Å². The van der Waals surface area contributed by atoms with E-state index in [1.807, 2.05) is 5.38 Å². The van der Waals surface area contributed by atoms with Crippen molar-refractivity contribution in [2.45, 2.75) is 26.0 Å². The molecule has 0 saturated carbocycles. The summed E-state index contributed by atoms with van der Waals surface area (Å²) in [6, 6.07) is 7.99. The number of aromatic nitrogens is 2. The molecule has 0 aliphatic carbocycles. The van der Waals surface area contributed by atoms with Crippen LogP contribution in [0.25, 0.3) is 10.2 Å². The first-order valence-electron chi connectivity index (χ1n) is 8.26. The Hall–Kier alpha value is -2.81. The molecule has 2 heterocycles. The zero-order valence-corrected chi connectivity index (χ0v) is 15.0. The van der Waals surface area contributed by atoms with Crippen molar-refractivity contribution in [1.29, 1.82) is 0 Å². The second kappa shape index (κ2) is 8.72. The van der Waals surface area contributed by atoms with E-state index >= 15 is 0 Å². The molecule has 0 radical (unpaired) electrons. The van der Waals surface area contributed by atoms with Gasteiger partial charge in [0.1, 0.15) is 10.6 Å². The number of aryl methyl sites for hydroxylation is 1. The third-order valence-corrected chi connectivity index (χ3v) is 4.74. The molecule has 3 rings (SSSR count). The maximum atomic E-state index is 12.2. The van der Waals surface area contributed by atoms with Gasteiger partial charge >= 0.3 is 6.61 Å². The minimum atomic E-state index is -2.85. The van der Waals surface area contributed by atoms with Crippen LogP contribution in [-0.4, -0.2) is 28.6 Å². The largest absolute Gasteiger partial charge is 0.435 e. The zero-order chi connectivity index (χ0) is 19.2. The lowest BCUT2D eigenvalue weighted by Crippen LogP contribution is -2.28. The van der Waals surface area contributed by atoms with E-state index in [0.29, 0.717) is 23.2 Å². The van der Waals surface area contributed by atoms with Gasteiger partial charge in [0.2, 0.25) is 5.91 Å². The van der Waals surface area contributed by atoms with Crippen molar-refractivity contribution in [3.8, 4) is 5.75 Å². The number of carbonyl (C=O) groups excluding carboxylic acids is 1. The molecule has 0 saturated heterocycles. The number of amides is 1. The van der Waals surface area contributed by atoms with Gasteiger partial charge in [0.05, 0.1) is 11.7 Å². The van der Waals surface area contributed by atoms with Crippen LogP contribution in [0.1, 0.15) is 12.0 Å². The van der Waals surface area contributed by atoms with Crippen LogP contribution in [0.3, 0.4) is 0 Å². The Bertz CT molecular complexity index is 970. The van der Waals surface area contributed by atoms with Crippen LogP contribution in [0.4, 0.5) is 8.78 Å². The lowest BCUT2D eigenvalue weighted by Gasteiger charge is -2.08. The molecule has 0 atom stereocenters. The fourth-order valence-corrected chi connectivity index (χ4v) is 3.27. The quantitative estimate of drug-likeness (QED) is 0.639. The summed E-state index contributed by atoms with van der Waals surface area (Å²) in [5, 5.41) is 5.14. The van der Waals surface area contributed by atoms with Crippen molar-refractivity contribution >= 4 is 27.5 Å². The molecule has 9 heteroatoms. The smallest absolute Gasteiger partial charge is 0.387 e. The zero-order valence-electron chi connectivity index (χ0n) is 14.2. The Balaban J connectivity index is 1.44. The van der Waals surface area contributed by atoms with Crippen LogP contribution in [0, 0.1) is 0 Å². The molecule has 0 aliphatic rings. The Kier molecular flexibility index (Phi) is 6.12. The molecule has 27 heavy (non-hydrogen) atoms. The number of nitrogens with one attached hydrogen (secondary N) is 1. The van der Waals surface area contributed by atoms with Gasteiger partial charge in [0, 0.05) is 19.5 Å². The van der Waals surface area contributed by atoms with Crippen LogP contribution in [0.15, 0.2) is 46.8 Å². The van der Waals surface area contributed by atoms with Gasteiger partial charge in [-0.2, -0.15) is 8.78 Å². The van der Waals surface area contributed by atoms with Crippen molar-refractivity contribution in [2.24, 2.45) is 0 Å². The first kappa shape index (κ1) is 19.0. The van der Waals surface area contributed by atoms with Crippen LogP contribution >= 0.6 is 11.3 Å². The minimum absolute atomic E-state index is 0.0967. The maximum absolute atomic E-state index is 12.2. The summed E-state index contributed by atoms with van der Waals surface area (Å²) in [5.74, 6) is -0.0793. The van der Waals surface area contributed by atoms with Gasteiger partial charge in [-0.15, -0.1) is 11.3 Å². The highest BCUT2D eigenvalue weighted by Gasteiger charge is 2.08. The Morgan fingerprint density at radius 1 is 1.26 bits per heavy atom. The second-order valence-corrected chi connectivity index (χ2v) is 6.65. The summed E-state index contributed by atoms with van der Waals surface area (Å²) >= 11 is 1.40. The number of hydrogen-bond donors (Lipinski definition) is 1. The minimum Gasteiger partial charge on any atom is -0.435 e. The molecule has 0 fully saturated rings. The van der Waals surface area contributed by atoms with Gasteiger partial charge in [-0.05, 0) is 35.6 Å². The monoisotopic (exact) mass is 393 g/mol. The predicted molar refractivity (Wildman–Crippen MR) is 98.3 cm³/mol. The number of halogens is 2. The summed E-state index contributed by atoms with van der Waals surface area (Å²) in [4.78, 5) is 29.1. The normalized spacial score (nSPS) is 11.1. The average molecular weight is 393 g/mol. The van der Waals surface area contributed by atoms with Gasteiger partial charge in [0.15, 0.2) is 0 Å². The van der Waals surface area contributed by atoms with E-state index in [-0.39, 0.29) is 30.2 Å². The van der Waals surface area contributed by atoms with Crippen molar-refractivity contribution in [2.75, 3.05) is 6.54 Å². The number of hydrogen-bond acceptors (Lipinski definition) is 5. The Morgan fingerprint density at radius 2 is 2.04 bits per heavy atom. The van der Waals surface area contributed by atoms with Crippen LogP contribution < -0.4 is 15.6 Å². The molecule has 1 amide bonds. The van der Waals surface area contributed by atoms with E-state index in [2.05, 4.69) is 15.0 Å². The highest BCUT2D eigenvalue weighted by Crippen LogP contribution is 2.15. The molecule has 0 spiro atoms. The number of nitrogens with zero attached hydrogens (tertiary/aromatic N) is 2. The van der Waals surface area contributed by atoms with Crippen LogP contribution in [0.2, 0.25) is 0 Å². The van der Waals surface area contributed by atoms with Gasteiger partial charge in [-0.3, -0.25) is 14.2 Å². The highest BCUT2D eigenvalue weighted by molar-refractivity contribution is 7.16. The number of rotatable bonds is 8. The summed E-state index contributed by atoms with van der Waals surface area (Å²) in [5.41, 5.74) is 0.736. The summed E-state index contributed by atoms with van der Waals surface area (Å²) < 4.78 is 29.9. The van der Waals surface area contributed by atoms with Crippen molar-refractivity contribution in [3.63, 3.8) is 0 Å². The molecule has 0 aliphatic heterocycles. The van der Waals surface area contributed by atoms with E-state index in [0.717, 1.165) is 5.56 Å². The van der Waals surface area contributed by atoms with E-state index in [1.54, 1.807) is 18.2 Å². The molecule has 1 N–H and O–H groups in total. The van der Waals surface area contributed by atoms with E-state index in [9.17, 15) is 18.4 Å². The highest BCUT2D eigenvalue weighted by atomic mass is 32.1. The topological polar surface area (TPSA) is 73.2 Å². The van der Waals surface area contributed by atoms with E-state index < -0.39 is 6.61 Å². The number of carbonyl (C=O) groups is 1. The maximum Gasteiger partial charge on any atom is 0.387 e. The summed E-state index contributed by atoms with van der Waals surface area (Å²) in [6.07, 6.45) is 2.18. The molecule has 6 nitrogen and oxygen atoms in total. The average Bonchev–Trinajstić information content (AvgIpc) is 3.12. The third kappa shape index (κ3) is 5.10. The van der Waals surface area contributed by atoms with Gasteiger partial charge in [0.25, 0.3) is 5.56 Å². The first-order valence-corrected chi connectivity index (χ1v) is 9.14. The van der Waals surface area contributed by atoms with Gasteiger partial charge in [-0.1, -0.05) is 12.1 Å². The molecular weight excluding hydrogens is 376 g/mol. The predicted octanol–water partition coefficient (Wildman–Crippen LogP) is 2.81. The number of benzene rings is 1. The number of thiophene rings is 1. The van der Waals surface area contributed by atoms with Crippen molar-refractivity contribution in [1.82, 2.24) is 14.9 Å². The third-order valence-electron chi connectivity index (χ3n) is 3.91. The number of fused-ring (bicyclic) bond motifs is 1. The Morgan fingerprint density at radius 3 is 2.78 bits per heavy atom. The fraction of sp³-hybridized carbons (Fsp3) is 0.278. The summed E-state index contributed by atoms with van der Waals surface area (Å²) in [7, 11) is 0. The molecule has 142 valence electrons.